The number of hydrogen-bond donors (Lipinski definition) is 1. The Morgan fingerprint density at radius 2 is 1.88 bits per heavy atom. The fourth-order valence-corrected chi connectivity index (χ4v) is 4.39. The number of carbonyl (C=O) groups excluding carboxylic acids is 2. The summed E-state index contributed by atoms with van der Waals surface area (Å²) >= 11 is 1.51. The molecular formula is C18H28ClN3O3S. The van der Waals surface area contributed by atoms with Crippen LogP contribution >= 0.6 is 23.7 Å². The summed E-state index contributed by atoms with van der Waals surface area (Å²) in [5, 5.41) is 3.76. The number of nitrogens with two attached hydrogens (primary N) is 1. The Bertz CT molecular complexity index is 644. The minimum atomic E-state index is -0.883. The molecule has 0 radical (unpaired) electrons. The van der Waals surface area contributed by atoms with Gasteiger partial charge in [0.15, 0.2) is 0 Å². The maximum atomic E-state index is 13.0. The van der Waals surface area contributed by atoms with Crippen LogP contribution in [0.3, 0.4) is 0 Å². The van der Waals surface area contributed by atoms with Gasteiger partial charge in [-0.25, -0.2) is 0 Å². The van der Waals surface area contributed by atoms with Gasteiger partial charge in [0.1, 0.15) is 5.54 Å². The lowest BCUT2D eigenvalue weighted by molar-refractivity contribution is -0.180. The molecule has 0 bridgehead atoms. The molecule has 3 rings (SSSR count). The van der Waals surface area contributed by atoms with Crippen molar-refractivity contribution < 1.29 is 14.3 Å². The first-order valence-electron chi connectivity index (χ1n) is 8.82. The van der Waals surface area contributed by atoms with Crippen LogP contribution in [-0.2, 0) is 9.53 Å². The van der Waals surface area contributed by atoms with E-state index in [1.807, 2.05) is 42.5 Å². The molecule has 2 amide bonds. The van der Waals surface area contributed by atoms with Crippen molar-refractivity contribution in [1.82, 2.24) is 9.80 Å². The first-order chi connectivity index (χ1) is 11.8. The molecule has 2 N–H and O–H groups in total. The van der Waals surface area contributed by atoms with Crippen molar-refractivity contribution in [1.29, 1.82) is 0 Å². The highest BCUT2D eigenvalue weighted by molar-refractivity contribution is 7.08. The summed E-state index contributed by atoms with van der Waals surface area (Å²) in [6, 6.07) is 1.84. The molecule has 1 aromatic rings. The van der Waals surface area contributed by atoms with E-state index in [9.17, 15) is 9.59 Å². The summed E-state index contributed by atoms with van der Waals surface area (Å²) < 4.78 is 5.71. The van der Waals surface area contributed by atoms with Crippen molar-refractivity contribution >= 4 is 35.6 Å². The number of carbonyl (C=O) groups is 2. The average Bonchev–Trinajstić information content (AvgIpc) is 3.15. The normalized spacial score (nSPS) is 27.5. The lowest BCUT2D eigenvalue weighted by Crippen LogP contribution is -2.76. The highest BCUT2D eigenvalue weighted by Crippen LogP contribution is 2.50. The number of thiophene rings is 1. The van der Waals surface area contributed by atoms with Gasteiger partial charge < -0.3 is 20.3 Å². The van der Waals surface area contributed by atoms with Crippen molar-refractivity contribution in [2.75, 3.05) is 32.8 Å². The SMILES string of the molecule is CCOC1CC(N)(C(=O)N2CCN(C(=O)c3ccsc3)CC2)C1(C)C.Cl. The molecule has 0 aromatic carbocycles. The van der Waals surface area contributed by atoms with Crippen LogP contribution in [0.15, 0.2) is 16.8 Å². The second-order valence-electron chi connectivity index (χ2n) is 7.44. The van der Waals surface area contributed by atoms with Crippen LogP contribution < -0.4 is 5.73 Å². The van der Waals surface area contributed by atoms with Gasteiger partial charge in [0.25, 0.3) is 5.91 Å². The Balaban J connectivity index is 0.00000243. The first kappa shape index (κ1) is 21.2. The van der Waals surface area contributed by atoms with E-state index in [2.05, 4.69) is 0 Å². The van der Waals surface area contributed by atoms with Crippen LogP contribution in [0, 0.1) is 5.41 Å². The van der Waals surface area contributed by atoms with Crippen LogP contribution in [0.5, 0.6) is 0 Å². The van der Waals surface area contributed by atoms with Crippen molar-refractivity contribution in [3.8, 4) is 0 Å². The molecule has 8 heteroatoms. The van der Waals surface area contributed by atoms with Gasteiger partial charge in [0.2, 0.25) is 5.91 Å². The van der Waals surface area contributed by atoms with Gasteiger partial charge in [-0.1, -0.05) is 13.8 Å². The predicted octanol–water partition coefficient (Wildman–Crippen LogP) is 1.99. The van der Waals surface area contributed by atoms with E-state index in [4.69, 9.17) is 10.5 Å². The predicted molar refractivity (Wildman–Crippen MR) is 105 cm³/mol. The van der Waals surface area contributed by atoms with Gasteiger partial charge in [-0.3, -0.25) is 9.59 Å². The summed E-state index contributed by atoms with van der Waals surface area (Å²) in [7, 11) is 0. The molecule has 2 atom stereocenters. The Labute approximate surface area is 165 Å². The third kappa shape index (κ3) is 3.38. The zero-order valence-corrected chi connectivity index (χ0v) is 17.2. The monoisotopic (exact) mass is 401 g/mol. The molecule has 2 aliphatic rings. The first-order valence-corrected chi connectivity index (χ1v) is 9.77. The zero-order valence-electron chi connectivity index (χ0n) is 15.6. The summed E-state index contributed by atoms with van der Waals surface area (Å²) in [5.74, 6) is 0.0206. The largest absolute Gasteiger partial charge is 0.378 e. The summed E-state index contributed by atoms with van der Waals surface area (Å²) in [6.45, 7) is 8.75. The lowest BCUT2D eigenvalue weighted by atomic mass is 9.54. The molecule has 2 fully saturated rings. The summed E-state index contributed by atoms with van der Waals surface area (Å²) in [4.78, 5) is 29.0. The molecule has 2 unspecified atom stereocenters. The molecule has 26 heavy (non-hydrogen) atoms. The van der Waals surface area contributed by atoms with Crippen molar-refractivity contribution in [3.63, 3.8) is 0 Å². The van der Waals surface area contributed by atoms with Gasteiger partial charge in [-0.2, -0.15) is 11.3 Å². The van der Waals surface area contributed by atoms with Gasteiger partial charge in [0, 0.05) is 50.0 Å². The van der Waals surface area contributed by atoms with E-state index < -0.39 is 5.54 Å². The smallest absolute Gasteiger partial charge is 0.254 e. The Hall–Kier alpha value is -1.15. The van der Waals surface area contributed by atoms with Crippen LogP contribution in [0.4, 0.5) is 0 Å². The topological polar surface area (TPSA) is 75.9 Å². The molecule has 146 valence electrons. The van der Waals surface area contributed by atoms with Crippen LogP contribution in [0.25, 0.3) is 0 Å². The standard InChI is InChI=1S/C18H27N3O3S.ClH/c1-4-24-14-11-18(19,17(14,2)3)16(23)21-8-6-20(7-9-21)15(22)13-5-10-25-12-13;/h5,10,12,14H,4,6-9,11,19H2,1-3H3;1H. The fraction of sp³-hybridized carbons (Fsp3) is 0.667. The minimum absolute atomic E-state index is 0. The highest BCUT2D eigenvalue weighted by Gasteiger charge is 2.63. The Kier molecular flexibility index (Phi) is 6.38. The maximum Gasteiger partial charge on any atom is 0.254 e. The van der Waals surface area contributed by atoms with Crippen molar-refractivity contribution in [2.45, 2.75) is 38.8 Å². The van der Waals surface area contributed by atoms with Gasteiger partial charge in [0.05, 0.1) is 11.7 Å². The molecular weight excluding hydrogens is 374 g/mol. The average molecular weight is 402 g/mol. The summed E-state index contributed by atoms with van der Waals surface area (Å²) in [5.41, 5.74) is 5.95. The molecule has 1 aromatic heterocycles. The van der Waals surface area contributed by atoms with Gasteiger partial charge in [-0.05, 0) is 18.4 Å². The third-order valence-corrected chi connectivity index (χ3v) is 6.52. The molecule has 1 saturated heterocycles. The zero-order chi connectivity index (χ0) is 18.2. The van der Waals surface area contributed by atoms with Crippen molar-refractivity contribution in [2.24, 2.45) is 11.1 Å². The van der Waals surface area contributed by atoms with Crippen LogP contribution in [-0.4, -0.2) is 66.0 Å². The maximum absolute atomic E-state index is 13.0. The third-order valence-electron chi connectivity index (χ3n) is 5.83. The molecule has 1 aliphatic carbocycles. The molecule has 1 aliphatic heterocycles. The second kappa shape index (κ2) is 7.84. The number of ether oxygens (including phenoxy) is 1. The molecule has 6 nitrogen and oxygen atoms in total. The summed E-state index contributed by atoms with van der Waals surface area (Å²) in [6.07, 6.45) is 0.577. The van der Waals surface area contributed by atoms with E-state index in [0.29, 0.717) is 39.2 Å². The molecule has 0 spiro atoms. The number of amides is 2. The number of nitrogens with zero attached hydrogens (tertiary/aromatic N) is 2. The quantitative estimate of drug-likeness (QED) is 0.837. The van der Waals surface area contributed by atoms with Crippen molar-refractivity contribution in [3.05, 3.63) is 22.4 Å². The lowest BCUT2D eigenvalue weighted by Gasteiger charge is -2.59. The van der Waals surface area contributed by atoms with E-state index in [-0.39, 0.29) is 35.7 Å². The Morgan fingerprint density at radius 1 is 1.27 bits per heavy atom. The van der Waals surface area contributed by atoms with Crippen LogP contribution in [0.1, 0.15) is 37.6 Å². The van der Waals surface area contributed by atoms with E-state index in [1.54, 1.807) is 4.90 Å². The van der Waals surface area contributed by atoms with E-state index in [0.717, 1.165) is 5.56 Å². The second-order valence-corrected chi connectivity index (χ2v) is 8.22. The van der Waals surface area contributed by atoms with Gasteiger partial charge >= 0.3 is 0 Å². The van der Waals surface area contributed by atoms with Crippen LogP contribution in [0.2, 0.25) is 0 Å². The van der Waals surface area contributed by atoms with E-state index in [1.165, 1.54) is 11.3 Å². The number of piperazine rings is 1. The molecule has 1 saturated carbocycles. The molecule has 2 heterocycles. The fourth-order valence-electron chi connectivity index (χ4n) is 3.76. The number of halogens is 1. The van der Waals surface area contributed by atoms with Gasteiger partial charge in [-0.15, -0.1) is 12.4 Å². The minimum Gasteiger partial charge on any atom is -0.378 e. The van der Waals surface area contributed by atoms with E-state index >= 15 is 0 Å². The number of hydrogen-bond acceptors (Lipinski definition) is 5. The number of rotatable bonds is 4. The Morgan fingerprint density at radius 3 is 2.38 bits per heavy atom. The highest BCUT2D eigenvalue weighted by atomic mass is 35.5.